The molecule has 9 nitrogen and oxygen atoms in total. The molecule has 2 N–H and O–H groups in total. The summed E-state index contributed by atoms with van der Waals surface area (Å²) in [4.78, 5) is 49.6. The lowest BCUT2D eigenvalue weighted by Gasteiger charge is -2.12. The fourth-order valence-electron chi connectivity index (χ4n) is 3.07. The van der Waals surface area contributed by atoms with Crippen LogP contribution in [0.5, 0.6) is 0 Å². The number of benzene rings is 1. The minimum absolute atomic E-state index is 0.0724. The summed E-state index contributed by atoms with van der Waals surface area (Å²) >= 11 is 1.33. The number of carbonyl (C=O) groups is 3. The Kier molecular flexibility index (Phi) is 6.26. The van der Waals surface area contributed by atoms with E-state index in [4.69, 9.17) is 0 Å². The van der Waals surface area contributed by atoms with Gasteiger partial charge in [0.2, 0.25) is 5.91 Å². The van der Waals surface area contributed by atoms with Gasteiger partial charge in [-0.1, -0.05) is 12.1 Å². The molecule has 0 bridgehead atoms. The fourth-order valence-corrected chi connectivity index (χ4v) is 4.36. The molecule has 0 radical (unpaired) electrons. The highest BCUT2D eigenvalue weighted by Crippen LogP contribution is 2.39. The van der Waals surface area contributed by atoms with E-state index >= 15 is 0 Å². The monoisotopic (exact) mass is 428 g/mol. The molecule has 1 heterocycles. The van der Waals surface area contributed by atoms with Crippen molar-refractivity contribution in [3.05, 3.63) is 62.0 Å². The maximum atomic E-state index is 12.7. The molecule has 2 aromatic rings. The van der Waals surface area contributed by atoms with Gasteiger partial charge in [0.15, 0.2) is 0 Å². The summed E-state index contributed by atoms with van der Waals surface area (Å²) < 4.78 is 0. The summed E-state index contributed by atoms with van der Waals surface area (Å²) in [6.07, 6.45) is 5.16. The lowest BCUT2D eigenvalue weighted by molar-refractivity contribution is -0.384. The number of nitrogens with zero attached hydrogens (tertiary/aromatic N) is 2. The molecule has 3 rings (SSSR count). The number of urea groups is 1. The van der Waals surface area contributed by atoms with E-state index in [9.17, 15) is 24.5 Å². The molecule has 1 aromatic carbocycles. The Bertz CT molecular complexity index is 1060. The Morgan fingerprint density at radius 2 is 2.00 bits per heavy atom. The van der Waals surface area contributed by atoms with Gasteiger partial charge in [-0.05, 0) is 36.5 Å². The summed E-state index contributed by atoms with van der Waals surface area (Å²) in [5, 5.41) is 16.3. The van der Waals surface area contributed by atoms with E-state index in [1.165, 1.54) is 60.7 Å². The van der Waals surface area contributed by atoms with Crippen LogP contribution in [0.4, 0.5) is 15.5 Å². The third-order valence-electron chi connectivity index (χ3n) is 4.52. The van der Waals surface area contributed by atoms with E-state index in [1.807, 2.05) is 0 Å². The topological polar surface area (TPSA) is 122 Å². The Hall–Kier alpha value is -3.53. The third kappa shape index (κ3) is 4.71. The number of hydrogen-bond donors (Lipinski definition) is 2. The van der Waals surface area contributed by atoms with E-state index < -0.39 is 22.8 Å². The number of anilines is 1. The van der Waals surface area contributed by atoms with Crippen LogP contribution in [0.25, 0.3) is 6.08 Å². The molecule has 1 aliphatic rings. The Balaban J connectivity index is 1.78. The van der Waals surface area contributed by atoms with Crippen molar-refractivity contribution < 1.29 is 19.3 Å². The van der Waals surface area contributed by atoms with Crippen molar-refractivity contribution in [2.24, 2.45) is 0 Å². The van der Waals surface area contributed by atoms with Crippen LogP contribution in [0.3, 0.4) is 0 Å². The Morgan fingerprint density at radius 3 is 2.70 bits per heavy atom. The van der Waals surface area contributed by atoms with Crippen molar-refractivity contribution in [3.63, 3.8) is 0 Å². The van der Waals surface area contributed by atoms with Crippen LogP contribution in [0.1, 0.15) is 32.8 Å². The Morgan fingerprint density at radius 1 is 1.23 bits per heavy atom. The zero-order chi connectivity index (χ0) is 21.8. The molecule has 0 aliphatic heterocycles. The minimum Gasteiger partial charge on any atom is -0.331 e. The van der Waals surface area contributed by atoms with E-state index in [0.29, 0.717) is 22.5 Å². The number of carbonyl (C=O) groups excluding carboxylic acids is 3. The van der Waals surface area contributed by atoms with Crippen LogP contribution in [-0.4, -0.2) is 41.8 Å². The normalized spacial score (nSPS) is 12.5. The first kappa shape index (κ1) is 21.2. The standard InChI is InChI=1S/C20H20N4O5S/c1-23(2)20(27)22-18(26)17-14-7-4-8-15(14)30-19(17)21-16(25)10-9-12-5-3-6-13(11-12)24(28)29/h3,5-6,9-11H,4,7-8H2,1-2H3,(H,21,25)(H,22,26,27)/b10-9+. The first-order valence-corrected chi connectivity index (χ1v) is 9.98. The quantitative estimate of drug-likeness (QED) is 0.430. The second-order valence-corrected chi connectivity index (χ2v) is 8.00. The largest absolute Gasteiger partial charge is 0.331 e. The number of imide groups is 1. The number of nitro benzene ring substituents is 1. The van der Waals surface area contributed by atoms with Crippen LogP contribution in [0.15, 0.2) is 30.3 Å². The lowest BCUT2D eigenvalue weighted by Crippen LogP contribution is -2.39. The number of thiophene rings is 1. The van der Waals surface area contributed by atoms with Crippen LogP contribution < -0.4 is 10.6 Å². The smallest absolute Gasteiger partial charge is 0.323 e. The van der Waals surface area contributed by atoms with Gasteiger partial charge in [-0.2, -0.15) is 0 Å². The van der Waals surface area contributed by atoms with Crippen molar-refractivity contribution in [1.29, 1.82) is 0 Å². The molecule has 0 spiro atoms. The van der Waals surface area contributed by atoms with Gasteiger partial charge >= 0.3 is 6.03 Å². The second-order valence-electron chi connectivity index (χ2n) is 6.89. The number of non-ortho nitro benzene ring substituents is 1. The highest BCUT2D eigenvalue weighted by molar-refractivity contribution is 7.17. The number of nitro groups is 1. The van der Waals surface area contributed by atoms with Crippen LogP contribution in [0.2, 0.25) is 0 Å². The van der Waals surface area contributed by atoms with E-state index in [2.05, 4.69) is 10.6 Å². The summed E-state index contributed by atoms with van der Waals surface area (Å²) in [5.74, 6) is -1.03. The SMILES string of the molecule is CN(C)C(=O)NC(=O)c1c(NC(=O)/C=C/c2cccc([N+](=O)[O-])c2)sc2c1CCC2. The van der Waals surface area contributed by atoms with E-state index in [0.717, 1.165) is 23.3 Å². The highest BCUT2D eigenvalue weighted by atomic mass is 32.1. The lowest BCUT2D eigenvalue weighted by atomic mass is 10.1. The molecule has 10 heteroatoms. The number of rotatable bonds is 5. The third-order valence-corrected chi connectivity index (χ3v) is 5.73. The molecular weight excluding hydrogens is 408 g/mol. The van der Waals surface area contributed by atoms with Crippen LogP contribution in [0, 0.1) is 10.1 Å². The van der Waals surface area contributed by atoms with E-state index in [1.54, 1.807) is 6.07 Å². The maximum absolute atomic E-state index is 12.7. The number of nitrogens with one attached hydrogen (secondary N) is 2. The summed E-state index contributed by atoms with van der Waals surface area (Å²) in [6.45, 7) is 0. The predicted octanol–water partition coefficient (Wildman–Crippen LogP) is 3.21. The molecule has 0 saturated carbocycles. The van der Waals surface area contributed by atoms with Crippen molar-refractivity contribution in [2.75, 3.05) is 19.4 Å². The van der Waals surface area contributed by atoms with Gasteiger partial charge in [-0.3, -0.25) is 25.0 Å². The van der Waals surface area contributed by atoms with Gasteiger partial charge in [0.25, 0.3) is 11.6 Å². The van der Waals surface area contributed by atoms with Crippen molar-refractivity contribution in [1.82, 2.24) is 10.2 Å². The number of aryl methyl sites for hydroxylation is 1. The molecule has 0 saturated heterocycles. The minimum atomic E-state index is -0.550. The molecular formula is C20H20N4O5S. The van der Waals surface area contributed by atoms with Crippen molar-refractivity contribution >= 4 is 45.9 Å². The van der Waals surface area contributed by atoms with E-state index in [-0.39, 0.29) is 5.69 Å². The molecule has 0 fully saturated rings. The van der Waals surface area contributed by atoms with Gasteiger partial charge in [-0.25, -0.2) is 4.79 Å². The first-order valence-electron chi connectivity index (χ1n) is 9.17. The first-order chi connectivity index (χ1) is 14.3. The Labute approximate surface area is 176 Å². The predicted molar refractivity (Wildman–Crippen MR) is 114 cm³/mol. The van der Waals surface area contributed by atoms with Crippen molar-refractivity contribution in [2.45, 2.75) is 19.3 Å². The van der Waals surface area contributed by atoms with Crippen LogP contribution >= 0.6 is 11.3 Å². The molecule has 0 unspecified atom stereocenters. The summed E-state index contributed by atoms with van der Waals surface area (Å²) in [5.41, 5.74) is 1.61. The number of amides is 4. The zero-order valence-corrected chi connectivity index (χ0v) is 17.2. The van der Waals surface area contributed by atoms with Gasteiger partial charge in [0, 0.05) is 37.2 Å². The maximum Gasteiger partial charge on any atom is 0.323 e. The summed E-state index contributed by atoms with van der Waals surface area (Å²) in [6, 6.07) is 5.35. The molecule has 4 amide bonds. The number of hydrogen-bond acceptors (Lipinski definition) is 6. The molecule has 30 heavy (non-hydrogen) atoms. The van der Waals surface area contributed by atoms with Crippen LogP contribution in [-0.2, 0) is 17.6 Å². The summed E-state index contributed by atoms with van der Waals surface area (Å²) in [7, 11) is 3.06. The van der Waals surface area contributed by atoms with Crippen molar-refractivity contribution in [3.8, 4) is 0 Å². The zero-order valence-electron chi connectivity index (χ0n) is 16.4. The van der Waals surface area contributed by atoms with Gasteiger partial charge in [-0.15, -0.1) is 11.3 Å². The second kappa shape index (κ2) is 8.87. The van der Waals surface area contributed by atoms with Gasteiger partial charge < -0.3 is 10.2 Å². The average Bonchev–Trinajstić information content (AvgIpc) is 3.27. The molecule has 1 aromatic heterocycles. The van der Waals surface area contributed by atoms with Gasteiger partial charge in [0.1, 0.15) is 5.00 Å². The fraction of sp³-hybridized carbons (Fsp3) is 0.250. The highest BCUT2D eigenvalue weighted by Gasteiger charge is 2.28. The average molecular weight is 428 g/mol. The molecule has 0 atom stereocenters. The van der Waals surface area contributed by atoms with Gasteiger partial charge in [0.05, 0.1) is 10.5 Å². The number of fused-ring (bicyclic) bond motifs is 1. The molecule has 1 aliphatic carbocycles. The molecule has 156 valence electrons.